The van der Waals surface area contributed by atoms with Crippen LogP contribution in [0.2, 0.25) is 0 Å². The highest BCUT2D eigenvalue weighted by atomic mass is 16.2. The van der Waals surface area contributed by atoms with E-state index in [1.807, 2.05) is 44.4 Å². The van der Waals surface area contributed by atoms with Crippen LogP contribution in [-0.2, 0) is 0 Å². The number of amides is 2. The Morgan fingerprint density at radius 3 is 2.85 bits per heavy atom. The maximum absolute atomic E-state index is 11.8. The number of pyridine rings is 1. The number of anilines is 1. The molecule has 0 radical (unpaired) electrons. The number of rotatable bonds is 5. The summed E-state index contributed by atoms with van der Waals surface area (Å²) in [7, 11) is 4.03. The molecule has 2 amide bonds. The molecular formula is C15H20N4O. The van der Waals surface area contributed by atoms with Gasteiger partial charge in [0.25, 0.3) is 0 Å². The van der Waals surface area contributed by atoms with Gasteiger partial charge in [-0.3, -0.25) is 4.98 Å². The fraction of sp³-hybridized carbons (Fsp3) is 0.333. The number of benzene rings is 1. The summed E-state index contributed by atoms with van der Waals surface area (Å²) in [4.78, 5) is 18.2. The minimum Gasteiger partial charge on any atom is -0.338 e. The van der Waals surface area contributed by atoms with Crippen molar-refractivity contribution in [1.29, 1.82) is 0 Å². The van der Waals surface area contributed by atoms with Crippen molar-refractivity contribution in [2.24, 2.45) is 0 Å². The molecule has 2 rings (SSSR count). The monoisotopic (exact) mass is 272 g/mol. The molecule has 0 spiro atoms. The summed E-state index contributed by atoms with van der Waals surface area (Å²) in [6.07, 6.45) is 2.65. The highest BCUT2D eigenvalue weighted by Crippen LogP contribution is 2.20. The third-order valence-electron chi connectivity index (χ3n) is 2.95. The van der Waals surface area contributed by atoms with Crippen LogP contribution < -0.4 is 10.6 Å². The molecule has 1 heterocycles. The molecule has 5 nitrogen and oxygen atoms in total. The Bertz CT molecular complexity index is 578. The van der Waals surface area contributed by atoms with Crippen molar-refractivity contribution in [3.63, 3.8) is 0 Å². The zero-order valence-electron chi connectivity index (χ0n) is 11.9. The number of nitrogens with one attached hydrogen (secondary N) is 2. The van der Waals surface area contributed by atoms with Gasteiger partial charge in [-0.15, -0.1) is 0 Å². The van der Waals surface area contributed by atoms with Gasteiger partial charge in [0, 0.05) is 18.1 Å². The van der Waals surface area contributed by atoms with Crippen LogP contribution in [-0.4, -0.2) is 43.1 Å². The van der Waals surface area contributed by atoms with Gasteiger partial charge in [0.2, 0.25) is 0 Å². The smallest absolute Gasteiger partial charge is 0.319 e. The van der Waals surface area contributed by atoms with Crippen LogP contribution >= 0.6 is 0 Å². The summed E-state index contributed by atoms with van der Waals surface area (Å²) in [6.45, 7) is 1.61. The first-order valence-electron chi connectivity index (χ1n) is 6.70. The van der Waals surface area contributed by atoms with Crippen molar-refractivity contribution in [1.82, 2.24) is 15.2 Å². The molecule has 0 aliphatic rings. The zero-order valence-corrected chi connectivity index (χ0v) is 11.9. The molecule has 1 aromatic heterocycles. The van der Waals surface area contributed by atoms with E-state index in [-0.39, 0.29) is 6.03 Å². The second kappa shape index (κ2) is 6.86. The third kappa shape index (κ3) is 3.93. The van der Waals surface area contributed by atoms with Crippen molar-refractivity contribution < 1.29 is 4.79 Å². The van der Waals surface area contributed by atoms with E-state index >= 15 is 0 Å². The first-order valence-corrected chi connectivity index (χ1v) is 6.70. The number of para-hydroxylation sites is 1. The Labute approximate surface area is 119 Å². The number of fused-ring (bicyclic) bond motifs is 1. The summed E-state index contributed by atoms with van der Waals surface area (Å²) in [6, 6.07) is 9.40. The molecule has 0 aliphatic heterocycles. The van der Waals surface area contributed by atoms with E-state index in [0.29, 0.717) is 6.54 Å². The fourth-order valence-corrected chi connectivity index (χ4v) is 1.97. The third-order valence-corrected chi connectivity index (χ3v) is 2.95. The number of nitrogens with zero attached hydrogens (tertiary/aromatic N) is 2. The lowest BCUT2D eigenvalue weighted by Crippen LogP contribution is -2.31. The van der Waals surface area contributed by atoms with Crippen molar-refractivity contribution in [3.8, 4) is 0 Å². The molecule has 0 fully saturated rings. The number of carbonyl (C=O) groups excluding carboxylic acids is 1. The summed E-state index contributed by atoms with van der Waals surface area (Å²) < 4.78 is 0. The first-order chi connectivity index (χ1) is 9.66. The molecule has 0 atom stereocenters. The summed E-state index contributed by atoms with van der Waals surface area (Å²) in [5.74, 6) is 0. The Hall–Kier alpha value is -2.14. The molecule has 20 heavy (non-hydrogen) atoms. The normalized spacial score (nSPS) is 10.8. The standard InChI is InChI=1S/C15H20N4O/c1-19(2)11-5-10-17-15(20)18-13-8-3-6-12-7-4-9-16-14(12)13/h3-4,6-9H,5,10-11H2,1-2H3,(H2,17,18,20). The lowest BCUT2D eigenvalue weighted by Gasteiger charge is -2.11. The predicted octanol–water partition coefficient (Wildman–Crippen LogP) is 2.31. The van der Waals surface area contributed by atoms with Gasteiger partial charge in [-0.25, -0.2) is 4.79 Å². The average Bonchev–Trinajstić information content (AvgIpc) is 2.44. The molecule has 106 valence electrons. The van der Waals surface area contributed by atoms with Crippen LogP contribution in [0.4, 0.5) is 10.5 Å². The molecule has 2 aromatic rings. The number of urea groups is 1. The number of aromatic nitrogens is 1. The van der Waals surface area contributed by atoms with E-state index in [2.05, 4.69) is 20.5 Å². The van der Waals surface area contributed by atoms with Gasteiger partial charge >= 0.3 is 6.03 Å². The average molecular weight is 272 g/mol. The van der Waals surface area contributed by atoms with E-state index in [0.717, 1.165) is 29.6 Å². The van der Waals surface area contributed by atoms with E-state index in [4.69, 9.17) is 0 Å². The molecule has 0 unspecified atom stereocenters. The predicted molar refractivity (Wildman–Crippen MR) is 81.9 cm³/mol. The molecule has 1 aromatic carbocycles. The summed E-state index contributed by atoms with van der Waals surface area (Å²) in [5, 5.41) is 6.71. The number of carbonyl (C=O) groups is 1. The molecule has 0 saturated carbocycles. The van der Waals surface area contributed by atoms with Gasteiger partial charge < -0.3 is 15.5 Å². The van der Waals surface area contributed by atoms with Crippen molar-refractivity contribution in [2.45, 2.75) is 6.42 Å². The first kappa shape index (κ1) is 14.3. The molecular weight excluding hydrogens is 252 g/mol. The minimum atomic E-state index is -0.193. The quantitative estimate of drug-likeness (QED) is 0.821. The van der Waals surface area contributed by atoms with Crippen LogP contribution in [0, 0.1) is 0 Å². The topological polar surface area (TPSA) is 57.3 Å². The second-order valence-electron chi connectivity index (χ2n) is 4.92. The molecule has 0 saturated heterocycles. The number of hydrogen-bond donors (Lipinski definition) is 2. The van der Waals surface area contributed by atoms with Crippen molar-refractivity contribution >= 4 is 22.6 Å². The highest BCUT2D eigenvalue weighted by Gasteiger charge is 2.05. The molecule has 0 bridgehead atoms. The van der Waals surface area contributed by atoms with Gasteiger partial charge in [-0.05, 0) is 39.2 Å². The molecule has 2 N–H and O–H groups in total. The largest absolute Gasteiger partial charge is 0.338 e. The lowest BCUT2D eigenvalue weighted by molar-refractivity contribution is 0.251. The van der Waals surface area contributed by atoms with Gasteiger partial charge in [0.15, 0.2) is 0 Å². The van der Waals surface area contributed by atoms with Crippen LogP contribution in [0.5, 0.6) is 0 Å². The van der Waals surface area contributed by atoms with Crippen molar-refractivity contribution in [2.75, 3.05) is 32.5 Å². The van der Waals surface area contributed by atoms with Gasteiger partial charge in [0.1, 0.15) is 0 Å². The Morgan fingerprint density at radius 1 is 1.25 bits per heavy atom. The van der Waals surface area contributed by atoms with Crippen LogP contribution in [0.25, 0.3) is 10.9 Å². The van der Waals surface area contributed by atoms with Gasteiger partial charge in [-0.1, -0.05) is 18.2 Å². The van der Waals surface area contributed by atoms with E-state index in [1.165, 1.54) is 0 Å². The zero-order chi connectivity index (χ0) is 14.4. The Kier molecular flexibility index (Phi) is 4.90. The summed E-state index contributed by atoms with van der Waals surface area (Å²) in [5.41, 5.74) is 1.53. The van der Waals surface area contributed by atoms with Gasteiger partial charge in [-0.2, -0.15) is 0 Å². The lowest BCUT2D eigenvalue weighted by atomic mass is 10.2. The fourth-order valence-electron chi connectivity index (χ4n) is 1.97. The number of hydrogen-bond acceptors (Lipinski definition) is 3. The maximum atomic E-state index is 11.8. The minimum absolute atomic E-state index is 0.193. The van der Waals surface area contributed by atoms with Gasteiger partial charge in [0.05, 0.1) is 11.2 Å². The molecule has 5 heteroatoms. The van der Waals surface area contributed by atoms with Crippen LogP contribution in [0.1, 0.15) is 6.42 Å². The maximum Gasteiger partial charge on any atom is 0.319 e. The summed E-state index contributed by atoms with van der Waals surface area (Å²) >= 11 is 0. The van der Waals surface area contributed by atoms with Crippen LogP contribution in [0.15, 0.2) is 36.5 Å². The van der Waals surface area contributed by atoms with Crippen LogP contribution in [0.3, 0.4) is 0 Å². The highest BCUT2D eigenvalue weighted by molar-refractivity contribution is 5.99. The van der Waals surface area contributed by atoms with E-state index in [9.17, 15) is 4.79 Å². The Morgan fingerprint density at radius 2 is 2.05 bits per heavy atom. The Balaban J connectivity index is 1.93. The SMILES string of the molecule is CN(C)CCCNC(=O)Nc1cccc2cccnc12. The van der Waals surface area contributed by atoms with E-state index < -0.39 is 0 Å². The van der Waals surface area contributed by atoms with E-state index in [1.54, 1.807) is 6.20 Å². The second-order valence-corrected chi connectivity index (χ2v) is 4.92. The van der Waals surface area contributed by atoms with Crippen molar-refractivity contribution in [3.05, 3.63) is 36.5 Å². The molecule has 0 aliphatic carbocycles.